The number of rotatable bonds is 8. The van der Waals surface area contributed by atoms with Crippen LogP contribution in [0.1, 0.15) is 22.8 Å². The number of nitrogens with one attached hydrogen (secondary N) is 1. The fraction of sp³-hybridized carbons (Fsp3) is 0.182. The van der Waals surface area contributed by atoms with Gasteiger partial charge in [0.2, 0.25) is 5.69 Å². The van der Waals surface area contributed by atoms with Crippen LogP contribution in [0.5, 0.6) is 5.75 Å². The Bertz CT molecular complexity index is 1010. The average molecular weight is 393 g/mol. The summed E-state index contributed by atoms with van der Waals surface area (Å²) < 4.78 is 7.05. The summed E-state index contributed by atoms with van der Waals surface area (Å²) in [6.07, 6.45) is 3.57. The van der Waals surface area contributed by atoms with E-state index in [2.05, 4.69) is 4.99 Å². The highest BCUT2D eigenvalue weighted by Gasteiger charge is 2.15. The second kappa shape index (κ2) is 9.79. The molecule has 0 aliphatic heterocycles. The highest BCUT2D eigenvalue weighted by Crippen LogP contribution is 2.22. The molecule has 7 nitrogen and oxygen atoms in total. The minimum absolute atomic E-state index is 0.0160. The third kappa shape index (κ3) is 5.61. The fourth-order valence-corrected chi connectivity index (χ4v) is 2.84. The Hall–Kier alpha value is -3.26. The average Bonchev–Trinajstić information content (AvgIpc) is 2.74. The molecule has 1 unspecified atom stereocenters. The van der Waals surface area contributed by atoms with Gasteiger partial charge in [0.1, 0.15) is 0 Å². The largest absolute Gasteiger partial charge is 0.595 e. The van der Waals surface area contributed by atoms with Gasteiger partial charge in [0.15, 0.2) is 11.5 Å². The van der Waals surface area contributed by atoms with Gasteiger partial charge in [0, 0.05) is 24.0 Å². The van der Waals surface area contributed by atoms with Gasteiger partial charge in [-0.15, -0.1) is 0 Å². The van der Waals surface area contributed by atoms with Gasteiger partial charge in [-0.2, -0.15) is 5.23 Å². The summed E-state index contributed by atoms with van der Waals surface area (Å²) in [4.78, 5) is 17.1. The van der Waals surface area contributed by atoms with Crippen LogP contribution in [0.15, 0.2) is 78.0 Å². The first kappa shape index (κ1) is 20.5. The number of ether oxygens (including phenoxy) is 1. The van der Waals surface area contributed by atoms with Gasteiger partial charge < -0.3 is 14.5 Å². The lowest BCUT2D eigenvalue weighted by Crippen LogP contribution is -2.99. The molecule has 3 rings (SSSR count). The molecule has 0 bridgehead atoms. The number of nitrogens with zero attached hydrogens (tertiary/aromatic N) is 2. The van der Waals surface area contributed by atoms with E-state index in [1.165, 1.54) is 12.1 Å². The van der Waals surface area contributed by atoms with Gasteiger partial charge >= 0.3 is 0 Å². The molecule has 150 valence electrons. The van der Waals surface area contributed by atoms with Crippen LogP contribution < -0.4 is 15.3 Å². The van der Waals surface area contributed by atoms with Crippen molar-refractivity contribution in [3.8, 4) is 5.75 Å². The number of aromatic nitrogens is 1. The second-order valence-corrected chi connectivity index (χ2v) is 6.40. The molecule has 3 aromatic rings. The van der Waals surface area contributed by atoms with Crippen molar-refractivity contribution in [2.75, 3.05) is 6.61 Å². The van der Waals surface area contributed by atoms with Crippen LogP contribution in [0.3, 0.4) is 0 Å². The van der Waals surface area contributed by atoms with Crippen LogP contribution in [-0.2, 0) is 13.1 Å². The molecular formula is C22H23N3O4. The van der Waals surface area contributed by atoms with Crippen molar-refractivity contribution >= 4 is 11.5 Å². The number of benzene rings is 2. The summed E-state index contributed by atoms with van der Waals surface area (Å²) in [5.41, 5.74) is 1.44. The van der Waals surface area contributed by atoms with Crippen molar-refractivity contribution in [1.29, 1.82) is 0 Å². The van der Waals surface area contributed by atoms with Crippen LogP contribution in [0.4, 0.5) is 5.69 Å². The monoisotopic (exact) mass is 393 g/mol. The number of carbonyl (C=O) groups excluding carboxylic acids is 1. The zero-order chi connectivity index (χ0) is 20.6. The Morgan fingerprint density at radius 3 is 2.52 bits per heavy atom. The van der Waals surface area contributed by atoms with Crippen LogP contribution >= 0.6 is 0 Å². The fourth-order valence-electron chi connectivity index (χ4n) is 2.84. The molecule has 0 spiro atoms. The maximum Gasteiger partial charge on any atom is 0.206 e. The second-order valence-electron chi connectivity index (χ2n) is 6.40. The van der Waals surface area contributed by atoms with E-state index in [9.17, 15) is 15.2 Å². The third-order valence-electron chi connectivity index (χ3n) is 4.32. The lowest BCUT2D eigenvalue weighted by atomic mass is 10.1. The minimum Gasteiger partial charge on any atom is -0.595 e. The molecule has 0 radical (unpaired) electrons. The molecule has 0 fully saturated rings. The highest BCUT2D eigenvalue weighted by atomic mass is 16.8. The molecule has 1 aromatic heterocycles. The highest BCUT2D eigenvalue weighted by molar-refractivity contribution is 5.96. The van der Waals surface area contributed by atoms with Gasteiger partial charge in [-0.05, 0) is 36.8 Å². The molecule has 1 heterocycles. The van der Waals surface area contributed by atoms with E-state index in [-0.39, 0.29) is 23.8 Å². The number of Topliss-reactive ketones (excluding diaryl/α,β-unsaturated/α-hetero) is 1. The van der Waals surface area contributed by atoms with Crippen LogP contribution in [-0.4, -0.2) is 22.2 Å². The summed E-state index contributed by atoms with van der Waals surface area (Å²) in [5, 5.41) is 20.5. The number of carbonyl (C=O) groups is 1. The quantitative estimate of drug-likeness (QED) is 0.454. The zero-order valence-electron chi connectivity index (χ0n) is 16.1. The predicted octanol–water partition coefficient (Wildman–Crippen LogP) is 2.27. The maximum atomic E-state index is 12.6. The molecular weight excluding hydrogens is 370 g/mol. The van der Waals surface area contributed by atoms with Crippen LogP contribution in [0, 0.1) is 5.21 Å². The number of pyridine rings is 1. The Labute approximate surface area is 168 Å². The first-order chi connectivity index (χ1) is 14.1. The Kier molecular flexibility index (Phi) is 6.91. The van der Waals surface area contributed by atoms with Crippen molar-refractivity contribution in [3.63, 3.8) is 0 Å². The standard InChI is InChI=1S/C22H23N3O4/c1-2-29-22-9-8-18(14-20(22)25(27)28)21(26)16-24-12-10-19(11-13-24)23-15-17-6-4-3-5-7-17/h3-14,25,27H,2,15-16H2,1H3. The third-order valence-corrected chi connectivity index (χ3v) is 4.32. The molecule has 0 amide bonds. The van der Waals surface area contributed by atoms with E-state index in [0.717, 1.165) is 10.9 Å². The lowest BCUT2D eigenvalue weighted by molar-refractivity contribution is -0.991. The Balaban J connectivity index is 1.70. The molecule has 7 heteroatoms. The number of ketones is 1. The van der Waals surface area contributed by atoms with E-state index in [0.29, 0.717) is 18.7 Å². The molecule has 2 N–H and O–H groups in total. The van der Waals surface area contributed by atoms with E-state index < -0.39 is 5.23 Å². The summed E-state index contributed by atoms with van der Waals surface area (Å²) in [7, 11) is 0. The number of hydrogen-bond acceptors (Lipinski definition) is 5. The topological polar surface area (TPSA) is 91.3 Å². The molecule has 0 aliphatic carbocycles. The molecule has 0 saturated carbocycles. The molecule has 0 aliphatic rings. The maximum absolute atomic E-state index is 12.6. The molecule has 29 heavy (non-hydrogen) atoms. The lowest BCUT2D eigenvalue weighted by Gasteiger charge is -2.16. The molecule has 2 aromatic carbocycles. The summed E-state index contributed by atoms with van der Waals surface area (Å²) in [5.74, 6) is 0.0723. The smallest absolute Gasteiger partial charge is 0.206 e. The first-order valence-corrected chi connectivity index (χ1v) is 9.30. The van der Waals surface area contributed by atoms with Gasteiger partial charge in [-0.3, -0.25) is 9.79 Å². The SMILES string of the molecule is CCOc1ccc(C(=O)Cn2ccc(=NCc3ccccc3)cc2)cc1[NH+]([O-])O. The van der Waals surface area contributed by atoms with Crippen LogP contribution in [0.25, 0.3) is 0 Å². The zero-order valence-corrected chi connectivity index (χ0v) is 16.1. The van der Waals surface area contributed by atoms with E-state index in [1.54, 1.807) is 30.0 Å². The van der Waals surface area contributed by atoms with E-state index in [1.807, 2.05) is 42.5 Å². The molecule has 0 saturated heterocycles. The van der Waals surface area contributed by atoms with Gasteiger partial charge in [0.25, 0.3) is 0 Å². The van der Waals surface area contributed by atoms with Gasteiger partial charge in [0.05, 0.1) is 25.1 Å². The Morgan fingerprint density at radius 2 is 1.86 bits per heavy atom. The van der Waals surface area contributed by atoms with Crippen molar-refractivity contribution < 1.29 is 20.0 Å². The molecule has 1 atom stereocenters. The van der Waals surface area contributed by atoms with E-state index >= 15 is 0 Å². The predicted molar refractivity (Wildman–Crippen MR) is 108 cm³/mol. The van der Waals surface area contributed by atoms with Gasteiger partial charge in [-0.25, -0.2) is 5.21 Å². The van der Waals surface area contributed by atoms with Crippen molar-refractivity contribution in [2.24, 2.45) is 4.99 Å². The number of hydrogen-bond donors (Lipinski definition) is 2. The summed E-state index contributed by atoms with van der Waals surface area (Å²) in [6, 6.07) is 18.1. The first-order valence-electron chi connectivity index (χ1n) is 9.30. The van der Waals surface area contributed by atoms with Gasteiger partial charge in [-0.1, -0.05) is 30.3 Å². The van der Waals surface area contributed by atoms with Crippen molar-refractivity contribution in [2.45, 2.75) is 20.0 Å². The van der Waals surface area contributed by atoms with Crippen molar-refractivity contribution in [1.82, 2.24) is 4.57 Å². The Morgan fingerprint density at radius 1 is 1.14 bits per heavy atom. The summed E-state index contributed by atoms with van der Waals surface area (Å²) in [6.45, 7) is 2.82. The minimum atomic E-state index is -1.12. The van der Waals surface area contributed by atoms with Crippen molar-refractivity contribution in [3.05, 3.63) is 94.7 Å². The van der Waals surface area contributed by atoms with E-state index in [4.69, 9.17) is 4.74 Å². The van der Waals surface area contributed by atoms with Crippen LogP contribution in [0.2, 0.25) is 0 Å². The number of quaternary nitrogens is 1. The summed E-state index contributed by atoms with van der Waals surface area (Å²) >= 11 is 0. The normalized spacial score (nSPS) is 11.7.